The Morgan fingerprint density at radius 2 is 1.91 bits per heavy atom. The molecule has 0 saturated heterocycles. The molecule has 0 unspecified atom stereocenters. The van der Waals surface area contributed by atoms with Crippen LogP contribution in [0.1, 0.15) is 5.56 Å². The van der Waals surface area contributed by atoms with E-state index in [1.165, 1.54) is 41.1 Å². The fraction of sp³-hybridized carbons (Fsp3) is 0.0625. The third-order valence-electron chi connectivity index (χ3n) is 3.40. The van der Waals surface area contributed by atoms with Crippen LogP contribution in [-0.2, 0) is 6.54 Å². The summed E-state index contributed by atoms with van der Waals surface area (Å²) >= 11 is 0. The number of aromatic nitrogens is 1. The monoisotopic (exact) mass is 299 g/mol. The lowest BCUT2D eigenvalue weighted by atomic mass is 10.1. The number of para-hydroxylation sites is 1. The van der Waals surface area contributed by atoms with Crippen LogP contribution >= 0.6 is 0 Å². The molecule has 4 nitrogen and oxygen atoms in total. The van der Waals surface area contributed by atoms with E-state index in [1.54, 1.807) is 12.1 Å². The lowest BCUT2D eigenvalue weighted by Gasteiger charge is -2.13. The molecule has 0 amide bonds. The van der Waals surface area contributed by atoms with Crippen LogP contribution < -0.4 is 5.43 Å². The Bertz CT molecular complexity index is 934. The normalized spacial score (nSPS) is 10.8. The Balaban J connectivity index is 2.44. The SMILES string of the molecule is N=NCc1cn(-c2ccccc2F)c2cc(F)ccc2c1=O. The maximum atomic E-state index is 14.1. The van der Waals surface area contributed by atoms with Crippen molar-refractivity contribution in [1.29, 1.82) is 5.53 Å². The van der Waals surface area contributed by atoms with Crippen molar-refractivity contribution < 1.29 is 8.78 Å². The maximum Gasteiger partial charge on any atom is 0.194 e. The number of benzene rings is 2. The topological polar surface area (TPSA) is 58.2 Å². The number of halogens is 2. The van der Waals surface area contributed by atoms with Crippen molar-refractivity contribution in [3.8, 4) is 5.69 Å². The van der Waals surface area contributed by atoms with Gasteiger partial charge in [-0.15, -0.1) is 0 Å². The van der Waals surface area contributed by atoms with Gasteiger partial charge in [-0.25, -0.2) is 14.3 Å². The van der Waals surface area contributed by atoms with Crippen LogP contribution in [0, 0.1) is 17.2 Å². The van der Waals surface area contributed by atoms with Crippen molar-refractivity contribution in [1.82, 2.24) is 4.57 Å². The Morgan fingerprint density at radius 1 is 1.14 bits per heavy atom. The Morgan fingerprint density at radius 3 is 2.64 bits per heavy atom. The largest absolute Gasteiger partial charge is 0.313 e. The predicted molar refractivity (Wildman–Crippen MR) is 78.3 cm³/mol. The third-order valence-corrected chi connectivity index (χ3v) is 3.40. The first-order valence-electron chi connectivity index (χ1n) is 6.53. The van der Waals surface area contributed by atoms with Gasteiger partial charge in [0, 0.05) is 17.1 Å². The van der Waals surface area contributed by atoms with Crippen LogP contribution in [0.3, 0.4) is 0 Å². The molecule has 0 atom stereocenters. The highest BCUT2D eigenvalue weighted by Gasteiger charge is 2.13. The number of hydrogen-bond acceptors (Lipinski definition) is 3. The standard InChI is InChI=1S/C16H11F2N3O/c17-11-5-6-12-15(7-11)21(9-10(8-20-19)16(12)22)14-4-2-1-3-13(14)18/h1-7,9,19H,8H2. The van der Waals surface area contributed by atoms with Crippen LogP contribution in [0.25, 0.3) is 16.6 Å². The minimum absolute atomic E-state index is 0.111. The summed E-state index contributed by atoms with van der Waals surface area (Å²) in [5.41, 5.74) is 7.32. The zero-order chi connectivity index (χ0) is 15.7. The molecule has 0 bridgehead atoms. The first-order valence-corrected chi connectivity index (χ1v) is 6.53. The van der Waals surface area contributed by atoms with Crippen molar-refractivity contribution in [2.24, 2.45) is 5.11 Å². The quantitative estimate of drug-likeness (QED) is 0.735. The average Bonchev–Trinajstić information content (AvgIpc) is 2.51. The van der Waals surface area contributed by atoms with E-state index in [0.29, 0.717) is 0 Å². The molecule has 0 aliphatic carbocycles. The molecular formula is C16H11F2N3O. The van der Waals surface area contributed by atoms with E-state index in [9.17, 15) is 13.6 Å². The van der Waals surface area contributed by atoms with Crippen molar-refractivity contribution >= 4 is 10.9 Å². The van der Waals surface area contributed by atoms with Gasteiger partial charge in [0.1, 0.15) is 11.6 Å². The van der Waals surface area contributed by atoms with Crippen molar-refractivity contribution in [2.75, 3.05) is 0 Å². The van der Waals surface area contributed by atoms with E-state index >= 15 is 0 Å². The van der Waals surface area contributed by atoms with Gasteiger partial charge in [0.15, 0.2) is 5.43 Å². The van der Waals surface area contributed by atoms with Gasteiger partial charge < -0.3 is 4.57 Å². The molecule has 22 heavy (non-hydrogen) atoms. The van der Waals surface area contributed by atoms with Crippen LogP contribution in [0.2, 0.25) is 0 Å². The van der Waals surface area contributed by atoms with Crippen molar-refractivity contribution in [3.63, 3.8) is 0 Å². The predicted octanol–water partition coefficient (Wildman–Crippen LogP) is 3.80. The number of nitrogens with one attached hydrogen (secondary N) is 1. The van der Waals surface area contributed by atoms with E-state index in [0.717, 1.165) is 0 Å². The molecule has 0 aliphatic heterocycles. The van der Waals surface area contributed by atoms with Gasteiger partial charge in [-0.1, -0.05) is 12.1 Å². The first kappa shape index (κ1) is 14.1. The third kappa shape index (κ3) is 2.28. The van der Waals surface area contributed by atoms with Crippen LogP contribution in [0.4, 0.5) is 8.78 Å². The van der Waals surface area contributed by atoms with Gasteiger partial charge in [0.25, 0.3) is 0 Å². The number of nitrogens with zero attached hydrogens (tertiary/aromatic N) is 2. The van der Waals surface area contributed by atoms with Crippen LogP contribution in [0.15, 0.2) is 58.6 Å². The summed E-state index contributed by atoms with van der Waals surface area (Å²) in [7, 11) is 0. The van der Waals surface area contributed by atoms with Crippen LogP contribution in [0.5, 0.6) is 0 Å². The zero-order valence-electron chi connectivity index (χ0n) is 11.4. The summed E-state index contributed by atoms with van der Waals surface area (Å²) in [6.07, 6.45) is 1.40. The molecule has 0 saturated carbocycles. The number of hydrogen-bond donors (Lipinski definition) is 1. The second kappa shape index (κ2) is 5.48. The second-order valence-electron chi connectivity index (χ2n) is 4.78. The minimum Gasteiger partial charge on any atom is -0.313 e. The zero-order valence-corrected chi connectivity index (χ0v) is 11.4. The molecule has 6 heteroatoms. The van der Waals surface area contributed by atoms with Gasteiger partial charge in [-0.2, -0.15) is 5.11 Å². The molecule has 0 fully saturated rings. The fourth-order valence-corrected chi connectivity index (χ4v) is 2.40. The molecule has 0 spiro atoms. The summed E-state index contributed by atoms with van der Waals surface area (Å²) in [5.74, 6) is -1.01. The van der Waals surface area contributed by atoms with Gasteiger partial charge >= 0.3 is 0 Å². The molecule has 2 aromatic carbocycles. The number of fused-ring (bicyclic) bond motifs is 1. The average molecular weight is 299 g/mol. The van der Waals surface area contributed by atoms with Gasteiger partial charge in [-0.05, 0) is 30.3 Å². The van der Waals surface area contributed by atoms with E-state index in [2.05, 4.69) is 5.11 Å². The molecule has 0 radical (unpaired) electrons. The van der Waals surface area contributed by atoms with E-state index in [-0.39, 0.29) is 34.1 Å². The molecule has 110 valence electrons. The van der Waals surface area contributed by atoms with E-state index in [1.807, 2.05) is 0 Å². The van der Waals surface area contributed by atoms with Gasteiger partial charge in [-0.3, -0.25) is 4.79 Å². The molecule has 1 aromatic heterocycles. The smallest absolute Gasteiger partial charge is 0.194 e. The van der Waals surface area contributed by atoms with Gasteiger partial charge in [0.2, 0.25) is 0 Å². The minimum atomic E-state index is -0.519. The highest BCUT2D eigenvalue weighted by atomic mass is 19.1. The lowest BCUT2D eigenvalue weighted by Crippen LogP contribution is -2.14. The first-order chi connectivity index (χ1) is 10.6. The summed E-state index contributed by atoms with van der Waals surface area (Å²) in [6.45, 7) is -0.111. The lowest BCUT2D eigenvalue weighted by molar-refractivity contribution is 0.617. The van der Waals surface area contributed by atoms with Crippen molar-refractivity contribution in [3.05, 3.63) is 76.1 Å². The summed E-state index contributed by atoms with van der Waals surface area (Å²) < 4.78 is 29.0. The Hall–Kier alpha value is -2.89. The molecular weight excluding hydrogens is 288 g/mol. The second-order valence-corrected chi connectivity index (χ2v) is 4.78. The molecule has 1 N–H and O–H groups in total. The molecule has 3 aromatic rings. The highest BCUT2D eigenvalue weighted by molar-refractivity contribution is 5.81. The van der Waals surface area contributed by atoms with E-state index < -0.39 is 11.6 Å². The summed E-state index contributed by atoms with van der Waals surface area (Å²) in [5, 5.41) is 3.47. The molecule has 3 rings (SSSR count). The van der Waals surface area contributed by atoms with E-state index in [4.69, 9.17) is 5.53 Å². The highest BCUT2D eigenvalue weighted by Crippen LogP contribution is 2.21. The Labute approximate surface area is 124 Å². The fourth-order valence-electron chi connectivity index (χ4n) is 2.40. The number of pyridine rings is 1. The summed E-state index contributed by atoms with van der Waals surface area (Å²) in [4.78, 5) is 12.3. The van der Waals surface area contributed by atoms with Crippen LogP contribution in [-0.4, -0.2) is 4.57 Å². The maximum absolute atomic E-state index is 14.1. The number of rotatable bonds is 3. The van der Waals surface area contributed by atoms with Crippen molar-refractivity contribution in [2.45, 2.75) is 6.54 Å². The summed E-state index contributed by atoms with van der Waals surface area (Å²) in [6, 6.07) is 9.73. The Kier molecular flexibility index (Phi) is 3.50. The molecule has 1 heterocycles. The molecule has 0 aliphatic rings. The van der Waals surface area contributed by atoms with Gasteiger partial charge in [0.05, 0.1) is 17.7 Å².